The third-order valence-electron chi connectivity index (χ3n) is 0.966. The van der Waals surface area contributed by atoms with Crippen LogP contribution in [0.1, 0.15) is 0 Å². The molecular weight excluding hydrogens is 131 g/mol. The first-order valence-corrected chi connectivity index (χ1v) is 2.79. The molecule has 0 fully saturated rings. The Morgan fingerprint density at radius 1 is 1.60 bits per heavy atom. The monoisotopic (exact) mass is 142 g/mol. The highest BCUT2D eigenvalue weighted by Crippen LogP contribution is 2.09. The van der Waals surface area contributed by atoms with E-state index < -0.39 is 5.83 Å². The first kappa shape index (κ1) is 8.88. The zero-order valence-corrected chi connectivity index (χ0v) is 6.26. The molecule has 0 aromatic rings. The fourth-order valence-corrected chi connectivity index (χ4v) is 0.522. The standard InChI is InChI=1S/C7H11FN2/c1-5-6(8)7(9-2)10(3)4/h5H,1-2H2,3-4H3/b7-6-. The summed E-state index contributed by atoms with van der Waals surface area (Å²) in [5.41, 5.74) is 0. The van der Waals surface area contributed by atoms with Crippen LogP contribution < -0.4 is 0 Å². The van der Waals surface area contributed by atoms with Crippen molar-refractivity contribution in [3.05, 3.63) is 24.3 Å². The second-order valence-corrected chi connectivity index (χ2v) is 1.93. The maximum atomic E-state index is 12.6. The predicted octanol–water partition coefficient (Wildman–Crippen LogP) is 1.57. The van der Waals surface area contributed by atoms with Gasteiger partial charge in [0, 0.05) is 14.1 Å². The highest BCUT2D eigenvalue weighted by Gasteiger charge is 2.01. The molecule has 2 nitrogen and oxygen atoms in total. The Morgan fingerprint density at radius 3 is 2.20 bits per heavy atom. The van der Waals surface area contributed by atoms with E-state index in [1.54, 1.807) is 14.1 Å². The van der Waals surface area contributed by atoms with Crippen LogP contribution in [-0.2, 0) is 0 Å². The van der Waals surface area contributed by atoms with Crippen LogP contribution in [0.15, 0.2) is 29.3 Å². The Kier molecular flexibility index (Phi) is 3.39. The number of allylic oxidation sites excluding steroid dienone is 2. The van der Waals surface area contributed by atoms with E-state index >= 15 is 0 Å². The van der Waals surface area contributed by atoms with Gasteiger partial charge in [-0.2, -0.15) is 0 Å². The van der Waals surface area contributed by atoms with E-state index in [-0.39, 0.29) is 5.82 Å². The molecule has 56 valence electrons. The van der Waals surface area contributed by atoms with Gasteiger partial charge in [-0.15, -0.1) is 0 Å². The molecular formula is C7H11FN2. The lowest BCUT2D eigenvalue weighted by Gasteiger charge is -2.11. The summed E-state index contributed by atoms with van der Waals surface area (Å²) >= 11 is 0. The van der Waals surface area contributed by atoms with Gasteiger partial charge in [-0.25, -0.2) is 9.38 Å². The third kappa shape index (κ3) is 2.01. The molecule has 0 aliphatic carbocycles. The van der Waals surface area contributed by atoms with Crippen molar-refractivity contribution < 1.29 is 4.39 Å². The molecule has 0 aromatic heterocycles. The molecule has 0 rings (SSSR count). The zero-order chi connectivity index (χ0) is 8.15. The molecule has 0 amide bonds. The van der Waals surface area contributed by atoms with Gasteiger partial charge in [-0.3, -0.25) is 0 Å². The summed E-state index contributed by atoms with van der Waals surface area (Å²) in [6.45, 7) is 6.48. The average Bonchev–Trinajstić information content (AvgIpc) is 1.88. The lowest BCUT2D eigenvalue weighted by atomic mass is 10.5. The second kappa shape index (κ2) is 3.82. The van der Waals surface area contributed by atoms with Crippen molar-refractivity contribution in [3.63, 3.8) is 0 Å². The molecule has 0 aliphatic heterocycles. The van der Waals surface area contributed by atoms with Gasteiger partial charge >= 0.3 is 0 Å². The zero-order valence-electron chi connectivity index (χ0n) is 6.26. The van der Waals surface area contributed by atoms with Gasteiger partial charge in [0.2, 0.25) is 0 Å². The van der Waals surface area contributed by atoms with Gasteiger partial charge in [-0.1, -0.05) is 6.58 Å². The summed E-state index contributed by atoms with van der Waals surface area (Å²) in [7, 11) is 3.38. The van der Waals surface area contributed by atoms with Crippen molar-refractivity contribution in [1.29, 1.82) is 0 Å². The van der Waals surface area contributed by atoms with Gasteiger partial charge in [0.25, 0.3) is 0 Å². The SMILES string of the molecule is C=C/C(F)=C(\N=C)N(C)C. The van der Waals surface area contributed by atoms with Crippen LogP contribution in [0.3, 0.4) is 0 Å². The van der Waals surface area contributed by atoms with Crippen LogP contribution in [0.25, 0.3) is 0 Å². The molecule has 0 atom stereocenters. The van der Waals surface area contributed by atoms with Crippen molar-refractivity contribution in [2.45, 2.75) is 0 Å². The second-order valence-electron chi connectivity index (χ2n) is 1.93. The summed E-state index contributed by atoms with van der Waals surface area (Å²) in [5, 5.41) is 0. The van der Waals surface area contributed by atoms with E-state index in [4.69, 9.17) is 0 Å². The molecule has 0 N–H and O–H groups in total. The smallest absolute Gasteiger partial charge is 0.164 e. The number of hydrogen-bond donors (Lipinski definition) is 0. The van der Waals surface area contributed by atoms with Gasteiger partial charge in [0.05, 0.1) is 0 Å². The van der Waals surface area contributed by atoms with E-state index in [2.05, 4.69) is 18.3 Å². The van der Waals surface area contributed by atoms with Crippen LogP contribution in [0.4, 0.5) is 4.39 Å². The van der Waals surface area contributed by atoms with Crippen molar-refractivity contribution in [3.8, 4) is 0 Å². The summed E-state index contributed by atoms with van der Waals surface area (Å²) in [6, 6.07) is 0. The average molecular weight is 142 g/mol. The first-order chi connectivity index (χ1) is 4.63. The van der Waals surface area contributed by atoms with E-state index in [9.17, 15) is 4.39 Å². The number of aliphatic imine (C=N–C) groups is 1. The molecule has 10 heavy (non-hydrogen) atoms. The Labute approximate surface area is 60.4 Å². The van der Waals surface area contributed by atoms with Crippen molar-refractivity contribution >= 4 is 6.72 Å². The summed E-state index contributed by atoms with van der Waals surface area (Å²) in [6.07, 6.45) is 1.10. The van der Waals surface area contributed by atoms with Crippen LogP contribution >= 0.6 is 0 Å². The van der Waals surface area contributed by atoms with Gasteiger partial charge < -0.3 is 4.90 Å². The summed E-state index contributed by atoms with van der Waals surface area (Å²) < 4.78 is 12.6. The summed E-state index contributed by atoms with van der Waals surface area (Å²) in [4.78, 5) is 5.00. The first-order valence-electron chi connectivity index (χ1n) is 2.79. The quantitative estimate of drug-likeness (QED) is 0.431. The van der Waals surface area contributed by atoms with Crippen molar-refractivity contribution in [1.82, 2.24) is 4.90 Å². The van der Waals surface area contributed by atoms with Crippen molar-refractivity contribution in [2.24, 2.45) is 4.99 Å². The topological polar surface area (TPSA) is 15.6 Å². The van der Waals surface area contributed by atoms with Crippen LogP contribution in [0.2, 0.25) is 0 Å². The minimum atomic E-state index is -0.458. The minimum Gasteiger partial charge on any atom is -0.360 e. The van der Waals surface area contributed by atoms with E-state index in [0.717, 1.165) is 6.08 Å². The fourth-order valence-electron chi connectivity index (χ4n) is 0.522. The molecule has 0 aliphatic rings. The molecule has 0 spiro atoms. The van der Waals surface area contributed by atoms with Crippen LogP contribution in [0, 0.1) is 0 Å². The Balaban J connectivity index is 4.61. The molecule has 0 aromatic carbocycles. The maximum absolute atomic E-state index is 12.6. The van der Waals surface area contributed by atoms with E-state index in [1.165, 1.54) is 4.90 Å². The lowest BCUT2D eigenvalue weighted by molar-refractivity contribution is 0.474. The van der Waals surface area contributed by atoms with Crippen LogP contribution in [0.5, 0.6) is 0 Å². The highest BCUT2D eigenvalue weighted by molar-refractivity contribution is 5.30. The van der Waals surface area contributed by atoms with E-state index in [0.29, 0.717) is 0 Å². The van der Waals surface area contributed by atoms with Crippen LogP contribution in [-0.4, -0.2) is 25.7 Å². The highest BCUT2D eigenvalue weighted by atomic mass is 19.1. The maximum Gasteiger partial charge on any atom is 0.164 e. The Bertz CT molecular complexity index is 170. The Morgan fingerprint density at radius 2 is 2.10 bits per heavy atom. The predicted molar refractivity (Wildman–Crippen MR) is 41.6 cm³/mol. The summed E-state index contributed by atoms with van der Waals surface area (Å²) in [5.74, 6) is -0.255. The number of rotatable bonds is 3. The van der Waals surface area contributed by atoms with E-state index in [1.807, 2.05) is 0 Å². The van der Waals surface area contributed by atoms with Crippen molar-refractivity contribution in [2.75, 3.05) is 14.1 Å². The molecule has 3 heteroatoms. The molecule has 0 unspecified atom stereocenters. The molecule has 0 radical (unpaired) electrons. The van der Waals surface area contributed by atoms with Gasteiger partial charge in [0.1, 0.15) is 0 Å². The molecule has 0 saturated carbocycles. The molecule has 0 bridgehead atoms. The van der Waals surface area contributed by atoms with Gasteiger partial charge in [-0.05, 0) is 12.8 Å². The third-order valence-corrected chi connectivity index (χ3v) is 0.966. The Hall–Kier alpha value is -1.12. The van der Waals surface area contributed by atoms with Gasteiger partial charge in [0.15, 0.2) is 11.6 Å². The molecule has 0 heterocycles. The lowest BCUT2D eigenvalue weighted by Crippen LogP contribution is -2.10. The number of hydrogen-bond acceptors (Lipinski definition) is 2. The number of nitrogens with zero attached hydrogens (tertiary/aromatic N) is 2. The number of halogens is 1. The fraction of sp³-hybridized carbons (Fsp3) is 0.286. The molecule has 0 saturated heterocycles. The largest absolute Gasteiger partial charge is 0.360 e. The minimum absolute atomic E-state index is 0.204. The normalized spacial score (nSPS) is 11.9.